The molecule has 1 amide bonds. The van der Waals surface area contributed by atoms with Crippen molar-refractivity contribution in [2.24, 2.45) is 11.1 Å². The van der Waals surface area contributed by atoms with E-state index in [9.17, 15) is 4.79 Å². The fourth-order valence-corrected chi connectivity index (χ4v) is 2.98. The third kappa shape index (κ3) is 2.86. The number of nitrogens with two attached hydrogens (primary N) is 1. The molecular formula is C13H14Cl2N2OS. The summed E-state index contributed by atoms with van der Waals surface area (Å²) in [7, 11) is 0. The van der Waals surface area contributed by atoms with Crippen LogP contribution in [0.5, 0.6) is 0 Å². The lowest BCUT2D eigenvalue weighted by Gasteiger charge is -2.26. The summed E-state index contributed by atoms with van der Waals surface area (Å²) in [6.45, 7) is 0. The molecule has 0 spiro atoms. The topological polar surface area (TPSA) is 55.1 Å². The molecule has 0 saturated heterocycles. The predicted octanol–water partition coefficient (Wildman–Crippen LogP) is 3.78. The van der Waals surface area contributed by atoms with Gasteiger partial charge in [-0.1, -0.05) is 48.3 Å². The van der Waals surface area contributed by atoms with E-state index in [-0.39, 0.29) is 10.9 Å². The number of nitrogens with one attached hydrogen (secondary N) is 1. The van der Waals surface area contributed by atoms with Gasteiger partial charge in [0.05, 0.1) is 20.4 Å². The quantitative estimate of drug-likeness (QED) is 0.834. The van der Waals surface area contributed by atoms with Gasteiger partial charge in [-0.15, -0.1) is 0 Å². The Balaban J connectivity index is 2.20. The van der Waals surface area contributed by atoms with Crippen LogP contribution in [0.3, 0.4) is 0 Å². The first-order valence-electron chi connectivity index (χ1n) is 6.02. The number of carbonyl (C=O) groups excluding carboxylic acids is 1. The zero-order chi connectivity index (χ0) is 14.0. The maximum atomic E-state index is 12.4. The van der Waals surface area contributed by atoms with E-state index in [0.29, 0.717) is 28.6 Å². The van der Waals surface area contributed by atoms with Crippen molar-refractivity contribution in [3.05, 3.63) is 28.2 Å². The third-order valence-electron chi connectivity index (χ3n) is 3.54. The summed E-state index contributed by atoms with van der Waals surface area (Å²) in [5.41, 5.74) is 5.64. The van der Waals surface area contributed by atoms with E-state index >= 15 is 0 Å². The van der Waals surface area contributed by atoms with Crippen LogP contribution in [0.1, 0.15) is 25.7 Å². The summed E-state index contributed by atoms with van der Waals surface area (Å²) in [4.78, 5) is 12.7. The number of carbonyl (C=O) groups is 1. The fraction of sp³-hybridized carbons (Fsp3) is 0.385. The minimum atomic E-state index is -0.721. The summed E-state index contributed by atoms with van der Waals surface area (Å²) < 4.78 is 0. The van der Waals surface area contributed by atoms with Crippen LogP contribution in [-0.4, -0.2) is 10.9 Å². The lowest BCUT2D eigenvalue weighted by Crippen LogP contribution is -2.43. The average Bonchev–Trinajstić information content (AvgIpc) is 2.84. The largest absolute Gasteiger partial charge is 0.392 e. The van der Waals surface area contributed by atoms with E-state index in [4.69, 9.17) is 41.2 Å². The van der Waals surface area contributed by atoms with Gasteiger partial charge in [-0.3, -0.25) is 4.79 Å². The van der Waals surface area contributed by atoms with Crippen molar-refractivity contribution in [1.82, 2.24) is 0 Å². The minimum Gasteiger partial charge on any atom is -0.392 e. The maximum absolute atomic E-state index is 12.4. The van der Waals surface area contributed by atoms with E-state index in [0.717, 1.165) is 12.8 Å². The van der Waals surface area contributed by atoms with E-state index in [2.05, 4.69) is 5.32 Å². The van der Waals surface area contributed by atoms with Gasteiger partial charge in [-0.05, 0) is 31.0 Å². The average molecular weight is 317 g/mol. The van der Waals surface area contributed by atoms with Crippen LogP contribution in [-0.2, 0) is 4.79 Å². The molecule has 1 aliphatic carbocycles. The number of hydrogen-bond donors (Lipinski definition) is 2. The second-order valence-corrected chi connectivity index (χ2v) is 5.99. The SMILES string of the molecule is NC(=S)C1(C(=O)Nc2ccc(Cl)c(Cl)c2)CCCC1. The number of halogens is 2. The zero-order valence-corrected chi connectivity index (χ0v) is 12.5. The van der Waals surface area contributed by atoms with Gasteiger partial charge in [0.2, 0.25) is 5.91 Å². The number of rotatable bonds is 3. The van der Waals surface area contributed by atoms with Crippen molar-refractivity contribution in [1.29, 1.82) is 0 Å². The molecule has 1 aromatic carbocycles. The Labute approximate surface area is 127 Å². The molecule has 1 fully saturated rings. The van der Waals surface area contributed by atoms with Crippen molar-refractivity contribution in [3.63, 3.8) is 0 Å². The van der Waals surface area contributed by atoms with Crippen LogP contribution in [0, 0.1) is 5.41 Å². The molecule has 3 nitrogen and oxygen atoms in total. The lowest BCUT2D eigenvalue weighted by atomic mass is 9.85. The van der Waals surface area contributed by atoms with Gasteiger partial charge in [0.15, 0.2) is 0 Å². The van der Waals surface area contributed by atoms with Crippen LogP contribution < -0.4 is 11.1 Å². The highest BCUT2D eigenvalue weighted by Crippen LogP contribution is 2.39. The van der Waals surface area contributed by atoms with E-state index in [1.165, 1.54) is 0 Å². The van der Waals surface area contributed by atoms with Crippen molar-refractivity contribution in [3.8, 4) is 0 Å². The predicted molar refractivity (Wildman–Crippen MR) is 82.8 cm³/mol. The van der Waals surface area contributed by atoms with Gasteiger partial charge in [0.25, 0.3) is 0 Å². The van der Waals surface area contributed by atoms with Gasteiger partial charge in [0.1, 0.15) is 0 Å². The van der Waals surface area contributed by atoms with Gasteiger partial charge in [-0.25, -0.2) is 0 Å². The Morgan fingerprint density at radius 1 is 1.26 bits per heavy atom. The van der Waals surface area contributed by atoms with Crippen LogP contribution in [0.25, 0.3) is 0 Å². The number of benzene rings is 1. The standard InChI is InChI=1S/C13H14Cl2N2OS/c14-9-4-3-8(7-10(9)15)17-12(18)13(11(16)19)5-1-2-6-13/h3-4,7H,1-2,5-6H2,(H2,16,19)(H,17,18). The number of amides is 1. The molecule has 0 heterocycles. The molecule has 0 unspecified atom stereocenters. The van der Waals surface area contributed by atoms with E-state index in [1.54, 1.807) is 18.2 Å². The number of thiocarbonyl (C=S) groups is 1. The normalized spacial score (nSPS) is 17.2. The summed E-state index contributed by atoms with van der Waals surface area (Å²) in [5, 5.41) is 3.67. The molecule has 0 atom stereocenters. The number of hydrogen-bond acceptors (Lipinski definition) is 2. The molecule has 0 bridgehead atoms. The second kappa shape index (κ2) is 5.65. The van der Waals surface area contributed by atoms with Gasteiger partial charge < -0.3 is 11.1 Å². The van der Waals surface area contributed by atoms with Gasteiger partial charge in [-0.2, -0.15) is 0 Å². The zero-order valence-electron chi connectivity index (χ0n) is 10.2. The van der Waals surface area contributed by atoms with Crippen LogP contribution >= 0.6 is 35.4 Å². The molecule has 102 valence electrons. The number of anilines is 1. The molecule has 1 saturated carbocycles. The molecule has 19 heavy (non-hydrogen) atoms. The Morgan fingerprint density at radius 3 is 2.42 bits per heavy atom. The molecule has 0 aromatic heterocycles. The Bertz CT molecular complexity index is 527. The van der Waals surface area contributed by atoms with Crippen molar-refractivity contribution >= 4 is 52.0 Å². The summed E-state index contributed by atoms with van der Waals surface area (Å²) in [6, 6.07) is 4.96. The summed E-state index contributed by atoms with van der Waals surface area (Å²) in [6.07, 6.45) is 3.34. The highest BCUT2D eigenvalue weighted by atomic mass is 35.5. The molecule has 0 aliphatic heterocycles. The molecule has 6 heteroatoms. The van der Waals surface area contributed by atoms with E-state index < -0.39 is 5.41 Å². The van der Waals surface area contributed by atoms with Crippen LogP contribution in [0.2, 0.25) is 10.0 Å². The first kappa shape index (κ1) is 14.6. The molecule has 3 N–H and O–H groups in total. The van der Waals surface area contributed by atoms with Gasteiger partial charge in [0, 0.05) is 5.69 Å². The summed E-state index contributed by atoms with van der Waals surface area (Å²) in [5.74, 6) is -0.157. The Morgan fingerprint density at radius 2 is 1.89 bits per heavy atom. The highest BCUT2D eigenvalue weighted by molar-refractivity contribution is 7.80. The molecule has 2 rings (SSSR count). The maximum Gasteiger partial charge on any atom is 0.237 e. The molecular weight excluding hydrogens is 303 g/mol. The third-order valence-corrected chi connectivity index (χ3v) is 4.67. The second-order valence-electron chi connectivity index (χ2n) is 4.74. The van der Waals surface area contributed by atoms with Crippen molar-refractivity contribution in [2.45, 2.75) is 25.7 Å². The van der Waals surface area contributed by atoms with Crippen LogP contribution in [0.4, 0.5) is 5.69 Å². The molecule has 1 aliphatic rings. The monoisotopic (exact) mass is 316 g/mol. The molecule has 1 aromatic rings. The Hall–Kier alpha value is -0.840. The van der Waals surface area contributed by atoms with E-state index in [1.807, 2.05) is 0 Å². The smallest absolute Gasteiger partial charge is 0.237 e. The highest BCUT2D eigenvalue weighted by Gasteiger charge is 2.43. The van der Waals surface area contributed by atoms with Crippen molar-refractivity contribution < 1.29 is 4.79 Å². The lowest BCUT2D eigenvalue weighted by molar-refractivity contribution is -0.122. The Kier molecular flexibility index (Phi) is 4.33. The van der Waals surface area contributed by atoms with Gasteiger partial charge >= 0.3 is 0 Å². The summed E-state index contributed by atoms with van der Waals surface area (Å²) >= 11 is 16.8. The molecule has 0 radical (unpaired) electrons. The fourth-order valence-electron chi connectivity index (χ4n) is 2.39. The first-order chi connectivity index (χ1) is 8.95. The van der Waals surface area contributed by atoms with Crippen LogP contribution in [0.15, 0.2) is 18.2 Å². The van der Waals surface area contributed by atoms with Crippen molar-refractivity contribution in [2.75, 3.05) is 5.32 Å². The first-order valence-corrected chi connectivity index (χ1v) is 7.18. The minimum absolute atomic E-state index is 0.157.